The monoisotopic (exact) mass is 307 g/mol. The summed E-state index contributed by atoms with van der Waals surface area (Å²) < 4.78 is 5.27. The molecule has 112 valence electrons. The molecule has 2 unspecified atom stereocenters. The zero-order valence-electron chi connectivity index (χ0n) is 11.9. The van der Waals surface area contributed by atoms with Gasteiger partial charge in [0.15, 0.2) is 0 Å². The molecule has 0 radical (unpaired) electrons. The van der Waals surface area contributed by atoms with Crippen LogP contribution in [0.1, 0.15) is 26.0 Å². The smallest absolute Gasteiger partial charge is 0.353 e. The topological polar surface area (TPSA) is 70.8 Å². The number of carbonyl (C=O) groups is 2. The predicted molar refractivity (Wildman–Crippen MR) is 78.2 cm³/mol. The molecular formula is C15H17NO4S. The van der Waals surface area contributed by atoms with Crippen LogP contribution < -0.4 is 0 Å². The number of amides is 1. The van der Waals surface area contributed by atoms with Crippen molar-refractivity contribution in [3.05, 3.63) is 34.8 Å². The summed E-state index contributed by atoms with van der Waals surface area (Å²) in [5, 5.41) is 9.42. The number of aliphatic carboxylic acids is 1. The molecule has 0 bridgehead atoms. The average Bonchev–Trinajstić information content (AvgIpc) is 3.01. The Morgan fingerprint density at radius 3 is 2.90 bits per heavy atom. The van der Waals surface area contributed by atoms with Gasteiger partial charge in [-0.05, 0) is 18.1 Å². The van der Waals surface area contributed by atoms with Gasteiger partial charge < -0.3 is 14.4 Å². The number of furan rings is 1. The Bertz CT molecular complexity index is 605. The molecule has 0 saturated carbocycles. The molecule has 1 aromatic rings. The summed E-state index contributed by atoms with van der Waals surface area (Å²) in [6, 6.07) is 3.69. The third-order valence-electron chi connectivity index (χ3n) is 4.06. The van der Waals surface area contributed by atoms with Gasteiger partial charge >= 0.3 is 5.97 Å². The van der Waals surface area contributed by atoms with Crippen molar-refractivity contribution in [2.75, 3.05) is 0 Å². The Balaban J connectivity index is 1.79. The molecule has 1 N–H and O–H groups in total. The number of nitrogens with zero attached hydrogens (tertiary/aromatic N) is 1. The summed E-state index contributed by atoms with van der Waals surface area (Å²) >= 11 is 1.45. The minimum absolute atomic E-state index is 0.0164. The van der Waals surface area contributed by atoms with Gasteiger partial charge in [-0.25, -0.2) is 4.79 Å². The predicted octanol–water partition coefficient (Wildman–Crippen LogP) is 2.70. The van der Waals surface area contributed by atoms with Gasteiger partial charge in [0.1, 0.15) is 11.5 Å². The Morgan fingerprint density at radius 2 is 2.33 bits per heavy atom. The summed E-state index contributed by atoms with van der Waals surface area (Å²) in [5.74, 6) is 0.499. The number of carboxylic acids is 1. The van der Waals surface area contributed by atoms with E-state index in [1.54, 1.807) is 6.26 Å². The molecule has 0 aromatic carbocycles. The SMILES string of the molecule is CC(C)C1C(=O)N2C(C(=O)O)=C(SCc3ccco3)CC12. The summed E-state index contributed by atoms with van der Waals surface area (Å²) in [6.45, 7) is 4.02. The molecule has 6 heteroatoms. The van der Waals surface area contributed by atoms with Crippen LogP contribution in [-0.2, 0) is 15.3 Å². The van der Waals surface area contributed by atoms with Crippen molar-refractivity contribution >= 4 is 23.6 Å². The highest BCUT2D eigenvalue weighted by atomic mass is 32.2. The van der Waals surface area contributed by atoms with Crippen molar-refractivity contribution in [1.29, 1.82) is 0 Å². The van der Waals surface area contributed by atoms with Crippen LogP contribution in [0, 0.1) is 11.8 Å². The van der Waals surface area contributed by atoms with E-state index in [9.17, 15) is 14.7 Å². The number of hydrogen-bond donors (Lipinski definition) is 1. The van der Waals surface area contributed by atoms with E-state index in [0.29, 0.717) is 12.2 Å². The Labute approximate surface area is 127 Å². The van der Waals surface area contributed by atoms with Gasteiger partial charge in [0.2, 0.25) is 5.91 Å². The Morgan fingerprint density at radius 1 is 1.57 bits per heavy atom. The van der Waals surface area contributed by atoms with Crippen LogP contribution in [0.3, 0.4) is 0 Å². The lowest BCUT2D eigenvalue weighted by Crippen LogP contribution is -2.60. The van der Waals surface area contributed by atoms with E-state index in [1.807, 2.05) is 26.0 Å². The molecule has 21 heavy (non-hydrogen) atoms. The number of carbonyl (C=O) groups excluding carboxylic acids is 1. The maximum atomic E-state index is 12.2. The molecule has 0 aliphatic carbocycles. The lowest BCUT2D eigenvalue weighted by molar-refractivity contribution is -0.157. The van der Waals surface area contributed by atoms with Gasteiger partial charge in [-0.15, -0.1) is 11.8 Å². The van der Waals surface area contributed by atoms with Crippen molar-refractivity contribution in [2.45, 2.75) is 32.1 Å². The fraction of sp³-hybridized carbons (Fsp3) is 0.467. The standard InChI is InChI=1S/C15H17NO4S/c1-8(2)12-10-6-11(21-7-9-4-3-5-20-9)13(15(18)19)16(10)14(12)17/h3-5,8,10,12H,6-7H2,1-2H3,(H,18,19). The van der Waals surface area contributed by atoms with Crippen molar-refractivity contribution in [3.8, 4) is 0 Å². The van der Waals surface area contributed by atoms with E-state index < -0.39 is 5.97 Å². The van der Waals surface area contributed by atoms with E-state index >= 15 is 0 Å². The van der Waals surface area contributed by atoms with Crippen molar-refractivity contribution in [2.24, 2.45) is 11.8 Å². The normalized spacial score (nSPS) is 24.5. The van der Waals surface area contributed by atoms with Crippen LogP contribution in [0.5, 0.6) is 0 Å². The zero-order valence-corrected chi connectivity index (χ0v) is 12.7. The molecule has 1 amide bonds. The second kappa shape index (κ2) is 5.26. The van der Waals surface area contributed by atoms with Gasteiger partial charge in [-0.1, -0.05) is 13.8 Å². The number of thioether (sulfide) groups is 1. The first-order chi connectivity index (χ1) is 10.0. The molecule has 2 aliphatic heterocycles. The highest BCUT2D eigenvalue weighted by Gasteiger charge is 2.55. The minimum Gasteiger partial charge on any atom is -0.477 e. The molecule has 2 atom stereocenters. The molecule has 2 aliphatic rings. The summed E-state index contributed by atoms with van der Waals surface area (Å²) in [4.78, 5) is 25.9. The van der Waals surface area contributed by atoms with Gasteiger partial charge in [-0.3, -0.25) is 4.79 Å². The third-order valence-corrected chi connectivity index (χ3v) is 5.20. The number of hydrogen-bond acceptors (Lipinski definition) is 4. The van der Waals surface area contributed by atoms with E-state index in [1.165, 1.54) is 16.7 Å². The van der Waals surface area contributed by atoms with E-state index in [2.05, 4.69) is 0 Å². The van der Waals surface area contributed by atoms with Crippen LogP contribution in [0.15, 0.2) is 33.4 Å². The fourth-order valence-electron chi connectivity index (χ4n) is 3.11. The van der Waals surface area contributed by atoms with Gasteiger partial charge in [0.25, 0.3) is 0 Å². The fourth-order valence-corrected chi connectivity index (χ4v) is 4.21. The van der Waals surface area contributed by atoms with Crippen LogP contribution in [0.2, 0.25) is 0 Å². The van der Waals surface area contributed by atoms with Gasteiger partial charge in [0, 0.05) is 11.3 Å². The maximum absolute atomic E-state index is 12.2. The number of β-lactam (4-membered cyclic amide) rings is 1. The first kappa shape index (κ1) is 14.3. The molecule has 3 heterocycles. The second-order valence-corrected chi connectivity index (χ2v) is 6.76. The van der Waals surface area contributed by atoms with Crippen LogP contribution in [0.4, 0.5) is 0 Å². The van der Waals surface area contributed by atoms with Crippen molar-refractivity contribution < 1.29 is 19.1 Å². The second-order valence-electron chi connectivity index (χ2n) is 5.69. The highest BCUT2D eigenvalue weighted by Crippen LogP contribution is 2.48. The third kappa shape index (κ3) is 2.27. The first-order valence-electron chi connectivity index (χ1n) is 6.95. The lowest BCUT2D eigenvalue weighted by Gasteiger charge is -2.45. The zero-order chi connectivity index (χ0) is 15.1. The van der Waals surface area contributed by atoms with Crippen molar-refractivity contribution in [1.82, 2.24) is 4.90 Å². The quantitative estimate of drug-likeness (QED) is 0.847. The van der Waals surface area contributed by atoms with Gasteiger partial charge in [-0.2, -0.15) is 0 Å². The molecular weight excluding hydrogens is 290 g/mol. The van der Waals surface area contributed by atoms with Crippen LogP contribution in [-0.4, -0.2) is 27.9 Å². The first-order valence-corrected chi connectivity index (χ1v) is 7.94. The maximum Gasteiger partial charge on any atom is 0.353 e. The number of rotatable bonds is 5. The molecule has 1 saturated heterocycles. The van der Waals surface area contributed by atoms with Gasteiger partial charge in [0.05, 0.1) is 24.0 Å². The molecule has 5 nitrogen and oxygen atoms in total. The largest absolute Gasteiger partial charge is 0.477 e. The van der Waals surface area contributed by atoms with E-state index in [0.717, 1.165) is 10.7 Å². The number of carboxylic acid groups (broad SMARTS) is 1. The summed E-state index contributed by atoms with van der Waals surface area (Å²) in [5.41, 5.74) is 0.165. The molecule has 3 rings (SSSR count). The number of fused-ring (bicyclic) bond motifs is 1. The average molecular weight is 307 g/mol. The van der Waals surface area contributed by atoms with Crippen LogP contribution in [0.25, 0.3) is 0 Å². The summed E-state index contributed by atoms with van der Waals surface area (Å²) in [6.07, 6.45) is 2.24. The van der Waals surface area contributed by atoms with Crippen LogP contribution >= 0.6 is 11.8 Å². The molecule has 1 fully saturated rings. The van der Waals surface area contributed by atoms with E-state index in [-0.39, 0.29) is 29.5 Å². The van der Waals surface area contributed by atoms with E-state index in [4.69, 9.17) is 4.42 Å². The summed E-state index contributed by atoms with van der Waals surface area (Å²) in [7, 11) is 0. The Hall–Kier alpha value is -1.69. The lowest BCUT2D eigenvalue weighted by atomic mass is 9.79. The Kier molecular flexibility index (Phi) is 3.57. The highest BCUT2D eigenvalue weighted by molar-refractivity contribution is 8.02. The molecule has 1 aromatic heterocycles. The minimum atomic E-state index is -1.02. The van der Waals surface area contributed by atoms with Crippen molar-refractivity contribution in [3.63, 3.8) is 0 Å². The molecule has 0 spiro atoms.